The molecule has 0 bridgehead atoms. The Morgan fingerprint density at radius 2 is 2.05 bits per heavy atom. The summed E-state index contributed by atoms with van der Waals surface area (Å²) in [5, 5.41) is 0. The van der Waals surface area contributed by atoms with Gasteiger partial charge >= 0.3 is 6.03 Å². The lowest BCUT2D eigenvalue weighted by atomic mass is 10.0. The van der Waals surface area contributed by atoms with E-state index in [1.807, 2.05) is 13.0 Å². The molecule has 0 saturated heterocycles. The van der Waals surface area contributed by atoms with Gasteiger partial charge in [-0.2, -0.15) is 0 Å². The number of aryl methyl sites for hydroxylation is 1. The minimum absolute atomic E-state index is 0.108. The Hall–Kier alpha value is -1.63. The van der Waals surface area contributed by atoms with Gasteiger partial charge in [0.2, 0.25) is 0 Å². The molecule has 2 heterocycles. The number of hydrogen-bond acceptors (Lipinski definition) is 4. The molecule has 1 amide bonds. The maximum absolute atomic E-state index is 12.2. The lowest BCUT2D eigenvalue weighted by Gasteiger charge is -2.27. The van der Waals surface area contributed by atoms with Gasteiger partial charge in [0.15, 0.2) is 15.6 Å². The van der Waals surface area contributed by atoms with E-state index >= 15 is 0 Å². The highest BCUT2D eigenvalue weighted by atomic mass is 32.2. The second kappa shape index (κ2) is 4.98. The molecule has 0 saturated carbocycles. The van der Waals surface area contributed by atoms with Crippen molar-refractivity contribution < 1.29 is 18.0 Å². The number of sulfone groups is 1. The number of nitrogens with zero attached hydrogens (tertiary/aromatic N) is 2. The van der Waals surface area contributed by atoms with E-state index in [1.54, 1.807) is 15.7 Å². The van der Waals surface area contributed by atoms with E-state index < -0.39 is 20.4 Å². The van der Waals surface area contributed by atoms with Gasteiger partial charge in [0.1, 0.15) is 4.75 Å². The van der Waals surface area contributed by atoms with E-state index in [-0.39, 0.29) is 19.0 Å². The zero-order chi connectivity index (χ0) is 16.0. The van der Waals surface area contributed by atoms with Crippen LogP contribution in [0.2, 0.25) is 0 Å². The molecular weight excluding hydrogens is 292 g/mol. The van der Waals surface area contributed by atoms with Crippen LogP contribution in [0, 0.1) is 6.92 Å². The summed E-state index contributed by atoms with van der Waals surface area (Å²) in [6, 6.07) is 1.76. The van der Waals surface area contributed by atoms with Gasteiger partial charge in [-0.05, 0) is 38.8 Å². The Bertz CT molecular complexity index is 705. The number of Topliss-reactive ketones (excluding diaryl/α,β-unsaturated/α-hetero) is 1. The number of rotatable bonds is 5. The first-order valence-electron chi connectivity index (χ1n) is 6.74. The van der Waals surface area contributed by atoms with Crippen LogP contribution in [-0.4, -0.2) is 47.2 Å². The topological polar surface area (TPSA) is 76.5 Å². The SMILES string of the molecule is CC(=O)[C@@](C)(CCN1Cc2cc(C)cn2C1=O)S(C)(=O)=O. The molecule has 0 aromatic carbocycles. The van der Waals surface area contributed by atoms with Gasteiger partial charge < -0.3 is 4.90 Å². The molecule has 6 nitrogen and oxygen atoms in total. The van der Waals surface area contributed by atoms with Gasteiger partial charge in [0.05, 0.1) is 6.54 Å². The lowest BCUT2D eigenvalue weighted by Crippen LogP contribution is -2.44. The van der Waals surface area contributed by atoms with Crippen LogP contribution in [0.15, 0.2) is 12.3 Å². The van der Waals surface area contributed by atoms with Crippen molar-refractivity contribution in [3.63, 3.8) is 0 Å². The van der Waals surface area contributed by atoms with Gasteiger partial charge in [-0.25, -0.2) is 13.2 Å². The van der Waals surface area contributed by atoms with Crippen molar-refractivity contribution in [2.75, 3.05) is 12.8 Å². The Balaban J connectivity index is 2.13. The van der Waals surface area contributed by atoms with Crippen molar-refractivity contribution in [3.05, 3.63) is 23.5 Å². The summed E-state index contributed by atoms with van der Waals surface area (Å²) in [4.78, 5) is 25.5. The van der Waals surface area contributed by atoms with Gasteiger partial charge in [-0.15, -0.1) is 0 Å². The number of carbonyl (C=O) groups excluding carboxylic acids is 2. The molecule has 1 atom stereocenters. The van der Waals surface area contributed by atoms with Crippen molar-refractivity contribution in [2.45, 2.75) is 38.5 Å². The van der Waals surface area contributed by atoms with Crippen LogP contribution >= 0.6 is 0 Å². The quantitative estimate of drug-likeness (QED) is 0.822. The fraction of sp³-hybridized carbons (Fsp3) is 0.571. The molecule has 21 heavy (non-hydrogen) atoms. The summed E-state index contributed by atoms with van der Waals surface area (Å²) in [6.07, 6.45) is 2.93. The normalized spacial score (nSPS) is 17.7. The van der Waals surface area contributed by atoms with E-state index in [4.69, 9.17) is 0 Å². The standard InChI is InChI=1S/C14H20N2O4S/c1-10-7-12-9-15(13(18)16(12)8-10)6-5-14(3,11(2)17)21(4,19)20/h7-8H,5-6,9H2,1-4H3/t14-/m1/s1. The molecule has 116 valence electrons. The van der Waals surface area contributed by atoms with E-state index in [2.05, 4.69) is 0 Å². The average molecular weight is 312 g/mol. The zero-order valence-electron chi connectivity index (χ0n) is 12.7. The lowest BCUT2D eigenvalue weighted by molar-refractivity contribution is -0.119. The summed E-state index contributed by atoms with van der Waals surface area (Å²) in [6.45, 7) is 5.31. The van der Waals surface area contributed by atoms with Crippen LogP contribution in [0.1, 0.15) is 31.5 Å². The summed E-state index contributed by atoms with van der Waals surface area (Å²) in [5.74, 6) is -0.396. The fourth-order valence-electron chi connectivity index (χ4n) is 2.52. The molecule has 1 aliphatic heterocycles. The number of amides is 1. The summed E-state index contributed by atoms with van der Waals surface area (Å²) < 4.78 is 23.9. The van der Waals surface area contributed by atoms with Crippen molar-refractivity contribution in [1.82, 2.24) is 9.47 Å². The summed E-state index contributed by atoms with van der Waals surface area (Å²) in [5.41, 5.74) is 1.91. The number of hydrogen-bond donors (Lipinski definition) is 0. The van der Waals surface area contributed by atoms with Crippen LogP contribution in [0.4, 0.5) is 4.79 Å². The molecule has 1 aromatic heterocycles. The molecule has 1 aromatic rings. The zero-order valence-corrected chi connectivity index (χ0v) is 13.5. The Labute approximate surface area is 124 Å². The van der Waals surface area contributed by atoms with E-state index in [9.17, 15) is 18.0 Å². The second-order valence-corrected chi connectivity index (χ2v) is 8.34. The van der Waals surface area contributed by atoms with Crippen LogP contribution in [0.3, 0.4) is 0 Å². The molecule has 0 fully saturated rings. The molecule has 2 rings (SSSR count). The summed E-state index contributed by atoms with van der Waals surface area (Å²) in [7, 11) is -3.53. The highest BCUT2D eigenvalue weighted by Gasteiger charge is 2.41. The Morgan fingerprint density at radius 3 is 2.52 bits per heavy atom. The number of ketones is 1. The minimum Gasteiger partial charge on any atom is -0.318 e. The Morgan fingerprint density at radius 1 is 1.43 bits per heavy atom. The number of aromatic nitrogens is 1. The van der Waals surface area contributed by atoms with Crippen LogP contribution in [-0.2, 0) is 21.2 Å². The number of fused-ring (bicyclic) bond motifs is 1. The van der Waals surface area contributed by atoms with Crippen molar-refractivity contribution in [2.24, 2.45) is 0 Å². The number of carbonyl (C=O) groups is 2. The third-order valence-corrected chi connectivity index (χ3v) is 6.42. The molecule has 0 radical (unpaired) electrons. The smallest absolute Gasteiger partial charge is 0.318 e. The average Bonchev–Trinajstić information content (AvgIpc) is 2.83. The van der Waals surface area contributed by atoms with Crippen LogP contribution in [0.5, 0.6) is 0 Å². The van der Waals surface area contributed by atoms with E-state index in [0.717, 1.165) is 17.5 Å². The van der Waals surface area contributed by atoms with Gasteiger partial charge in [-0.3, -0.25) is 9.36 Å². The van der Waals surface area contributed by atoms with E-state index in [0.29, 0.717) is 6.54 Å². The van der Waals surface area contributed by atoms with Gasteiger partial charge in [0, 0.05) is 24.7 Å². The van der Waals surface area contributed by atoms with Crippen molar-refractivity contribution in [1.29, 1.82) is 0 Å². The fourth-order valence-corrected chi connectivity index (χ4v) is 3.50. The van der Waals surface area contributed by atoms with Crippen molar-refractivity contribution >= 4 is 21.7 Å². The monoisotopic (exact) mass is 312 g/mol. The second-order valence-electron chi connectivity index (χ2n) is 5.89. The first kappa shape index (κ1) is 15.8. The predicted molar refractivity (Wildman–Crippen MR) is 78.9 cm³/mol. The third-order valence-electron chi connectivity index (χ3n) is 4.29. The molecule has 0 unspecified atom stereocenters. The first-order valence-corrected chi connectivity index (χ1v) is 8.63. The minimum atomic E-state index is -3.53. The highest BCUT2D eigenvalue weighted by molar-refractivity contribution is 7.92. The predicted octanol–water partition coefficient (Wildman–Crippen LogP) is 1.36. The first-order chi connectivity index (χ1) is 9.56. The largest absolute Gasteiger partial charge is 0.328 e. The van der Waals surface area contributed by atoms with Crippen LogP contribution in [0.25, 0.3) is 0 Å². The molecule has 0 spiro atoms. The van der Waals surface area contributed by atoms with Crippen molar-refractivity contribution in [3.8, 4) is 0 Å². The highest BCUT2D eigenvalue weighted by Crippen LogP contribution is 2.25. The van der Waals surface area contributed by atoms with Crippen LogP contribution < -0.4 is 0 Å². The maximum atomic E-state index is 12.2. The molecular formula is C14H20N2O4S. The third kappa shape index (κ3) is 2.62. The van der Waals surface area contributed by atoms with Gasteiger partial charge in [0.25, 0.3) is 0 Å². The molecule has 1 aliphatic rings. The molecule has 0 aliphatic carbocycles. The maximum Gasteiger partial charge on any atom is 0.328 e. The molecule has 0 N–H and O–H groups in total. The Kier molecular flexibility index (Phi) is 3.73. The van der Waals surface area contributed by atoms with E-state index in [1.165, 1.54) is 13.8 Å². The van der Waals surface area contributed by atoms with Gasteiger partial charge in [-0.1, -0.05) is 0 Å². The molecule has 7 heteroatoms. The summed E-state index contributed by atoms with van der Waals surface area (Å²) >= 11 is 0.